The molecule has 0 radical (unpaired) electrons. The number of morpholine rings is 1. The fraction of sp³-hybridized carbons (Fsp3) is 0.462. The fourth-order valence-electron chi connectivity index (χ4n) is 2.05. The molecule has 0 spiro atoms. The number of nitrogens with zero attached hydrogens (tertiary/aromatic N) is 2. The first-order valence-electron chi connectivity index (χ1n) is 5.90. The normalized spacial score (nSPS) is 19.7. The summed E-state index contributed by atoms with van der Waals surface area (Å²) in [5.41, 5.74) is 0.895. The number of halogens is 1. The van der Waals surface area contributed by atoms with E-state index in [1.54, 1.807) is 36.0 Å². The summed E-state index contributed by atoms with van der Waals surface area (Å²) in [6, 6.07) is 6.02. The third kappa shape index (κ3) is 2.61. The SMILES string of the molecule is CN(C)C(=O)N1CCOCC1c1ccc(F)cc1. The molecular weight excluding hydrogens is 235 g/mol. The maximum absolute atomic E-state index is 12.9. The molecule has 1 fully saturated rings. The van der Waals surface area contributed by atoms with Crippen molar-refractivity contribution < 1.29 is 13.9 Å². The Morgan fingerprint density at radius 3 is 2.67 bits per heavy atom. The summed E-state index contributed by atoms with van der Waals surface area (Å²) in [7, 11) is 3.44. The first-order valence-corrected chi connectivity index (χ1v) is 5.90. The number of rotatable bonds is 1. The summed E-state index contributed by atoms with van der Waals surface area (Å²) in [6.45, 7) is 1.54. The lowest BCUT2D eigenvalue weighted by molar-refractivity contribution is 0.00599. The molecule has 0 bridgehead atoms. The summed E-state index contributed by atoms with van der Waals surface area (Å²) < 4.78 is 18.3. The fourth-order valence-corrected chi connectivity index (χ4v) is 2.05. The summed E-state index contributed by atoms with van der Waals surface area (Å²) >= 11 is 0. The highest BCUT2D eigenvalue weighted by Gasteiger charge is 2.29. The van der Waals surface area contributed by atoms with Gasteiger partial charge in [-0.05, 0) is 17.7 Å². The molecule has 98 valence electrons. The van der Waals surface area contributed by atoms with E-state index in [1.807, 2.05) is 0 Å². The molecule has 1 aromatic carbocycles. The number of benzene rings is 1. The van der Waals surface area contributed by atoms with Crippen LogP contribution >= 0.6 is 0 Å². The van der Waals surface area contributed by atoms with Crippen LogP contribution < -0.4 is 0 Å². The zero-order valence-electron chi connectivity index (χ0n) is 10.6. The Morgan fingerprint density at radius 1 is 1.39 bits per heavy atom. The Bertz CT molecular complexity index is 420. The van der Waals surface area contributed by atoms with E-state index in [2.05, 4.69) is 0 Å². The average Bonchev–Trinajstić information content (AvgIpc) is 2.39. The minimum Gasteiger partial charge on any atom is -0.377 e. The lowest BCUT2D eigenvalue weighted by atomic mass is 10.1. The topological polar surface area (TPSA) is 32.8 Å². The van der Waals surface area contributed by atoms with Crippen molar-refractivity contribution in [1.82, 2.24) is 9.80 Å². The van der Waals surface area contributed by atoms with Crippen molar-refractivity contribution in [3.8, 4) is 0 Å². The highest BCUT2D eigenvalue weighted by atomic mass is 19.1. The second-order valence-corrected chi connectivity index (χ2v) is 4.51. The van der Waals surface area contributed by atoms with E-state index in [1.165, 1.54) is 12.1 Å². The van der Waals surface area contributed by atoms with Crippen molar-refractivity contribution in [3.05, 3.63) is 35.6 Å². The van der Waals surface area contributed by atoms with Gasteiger partial charge in [-0.1, -0.05) is 12.1 Å². The average molecular weight is 252 g/mol. The van der Waals surface area contributed by atoms with Crippen molar-refractivity contribution in [2.24, 2.45) is 0 Å². The zero-order valence-corrected chi connectivity index (χ0v) is 10.6. The molecule has 0 aliphatic carbocycles. The van der Waals surface area contributed by atoms with Crippen LogP contribution in [0.1, 0.15) is 11.6 Å². The van der Waals surface area contributed by atoms with Gasteiger partial charge in [0.25, 0.3) is 0 Å². The quantitative estimate of drug-likeness (QED) is 0.764. The van der Waals surface area contributed by atoms with Crippen LogP contribution in [-0.4, -0.2) is 49.7 Å². The standard InChI is InChI=1S/C13H17FN2O2/c1-15(2)13(17)16-7-8-18-9-12(16)10-3-5-11(14)6-4-10/h3-6,12H,7-9H2,1-2H3. The van der Waals surface area contributed by atoms with Gasteiger partial charge in [-0.25, -0.2) is 9.18 Å². The van der Waals surface area contributed by atoms with Crippen LogP contribution in [0.4, 0.5) is 9.18 Å². The highest BCUT2D eigenvalue weighted by Crippen LogP contribution is 2.25. The van der Waals surface area contributed by atoms with Crippen LogP contribution in [0, 0.1) is 5.82 Å². The Morgan fingerprint density at radius 2 is 2.06 bits per heavy atom. The molecule has 1 unspecified atom stereocenters. The van der Waals surface area contributed by atoms with Gasteiger partial charge in [0.1, 0.15) is 5.82 Å². The van der Waals surface area contributed by atoms with Gasteiger partial charge in [0.15, 0.2) is 0 Å². The number of carbonyl (C=O) groups is 1. The van der Waals surface area contributed by atoms with E-state index in [4.69, 9.17) is 4.74 Å². The monoisotopic (exact) mass is 252 g/mol. The van der Waals surface area contributed by atoms with Gasteiger partial charge in [-0.2, -0.15) is 0 Å². The summed E-state index contributed by atoms with van der Waals surface area (Å²) in [6.07, 6.45) is 0. The molecule has 0 aromatic heterocycles. The molecule has 1 aliphatic heterocycles. The van der Waals surface area contributed by atoms with Crippen molar-refractivity contribution in [3.63, 3.8) is 0 Å². The number of ether oxygens (including phenoxy) is 1. The number of hydrogen-bond donors (Lipinski definition) is 0. The molecular formula is C13H17FN2O2. The van der Waals surface area contributed by atoms with E-state index < -0.39 is 0 Å². The maximum atomic E-state index is 12.9. The largest absolute Gasteiger partial charge is 0.377 e. The molecule has 1 atom stereocenters. The summed E-state index contributed by atoms with van der Waals surface area (Å²) in [4.78, 5) is 15.4. The van der Waals surface area contributed by atoms with Crippen LogP contribution in [0.25, 0.3) is 0 Å². The zero-order chi connectivity index (χ0) is 13.1. The van der Waals surface area contributed by atoms with E-state index in [0.29, 0.717) is 19.8 Å². The highest BCUT2D eigenvalue weighted by molar-refractivity contribution is 5.74. The lowest BCUT2D eigenvalue weighted by Crippen LogP contribution is -2.47. The van der Waals surface area contributed by atoms with Crippen LogP contribution in [0.15, 0.2) is 24.3 Å². The number of amides is 2. The molecule has 4 nitrogen and oxygen atoms in total. The molecule has 0 saturated carbocycles. The number of urea groups is 1. The van der Waals surface area contributed by atoms with Gasteiger partial charge in [-0.3, -0.25) is 0 Å². The van der Waals surface area contributed by atoms with Crippen LogP contribution in [0.3, 0.4) is 0 Å². The van der Waals surface area contributed by atoms with E-state index >= 15 is 0 Å². The van der Waals surface area contributed by atoms with Crippen molar-refractivity contribution in [2.45, 2.75) is 6.04 Å². The summed E-state index contributed by atoms with van der Waals surface area (Å²) in [5, 5.41) is 0. The molecule has 1 aliphatic rings. The maximum Gasteiger partial charge on any atom is 0.320 e. The summed E-state index contributed by atoms with van der Waals surface area (Å²) in [5.74, 6) is -0.277. The lowest BCUT2D eigenvalue weighted by Gasteiger charge is -2.37. The Labute approximate surface area is 106 Å². The molecule has 1 saturated heterocycles. The second kappa shape index (κ2) is 5.35. The van der Waals surface area contributed by atoms with Gasteiger partial charge in [0.2, 0.25) is 0 Å². The third-order valence-corrected chi connectivity index (χ3v) is 3.01. The van der Waals surface area contributed by atoms with Gasteiger partial charge in [0, 0.05) is 20.6 Å². The Kier molecular flexibility index (Phi) is 3.81. The smallest absolute Gasteiger partial charge is 0.320 e. The van der Waals surface area contributed by atoms with E-state index in [0.717, 1.165) is 5.56 Å². The molecule has 1 aromatic rings. The van der Waals surface area contributed by atoms with Crippen molar-refractivity contribution in [1.29, 1.82) is 0 Å². The van der Waals surface area contributed by atoms with Gasteiger partial charge >= 0.3 is 6.03 Å². The van der Waals surface area contributed by atoms with Gasteiger partial charge in [0.05, 0.1) is 19.3 Å². The number of carbonyl (C=O) groups excluding carboxylic acids is 1. The second-order valence-electron chi connectivity index (χ2n) is 4.51. The molecule has 2 amide bonds. The van der Waals surface area contributed by atoms with Crippen LogP contribution in [-0.2, 0) is 4.74 Å². The van der Waals surface area contributed by atoms with Gasteiger partial charge < -0.3 is 14.5 Å². The van der Waals surface area contributed by atoms with Crippen LogP contribution in [0.2, 0.25) is 0 Å². The molecule has 2 rings (SSSR count). The van der Waals surface area contributed by atoms with Crippen molar-refractivity contribution in [2.75, 3.05) is 33.9 Å². The molecule has 18 heavy (non-hydrogen) atoms. The Hall–Kier alpha value is -1.62. The Balaban J connectivity index is 2.22. The molecule has 5 heteroatoms. The molecule has 1 heterocycles. The van der Waals surface area contributed by atoms with Crippen LogP contribution in [0.5, 0.6) is 0 Å². The van der Waals surface area contributed by atoms with E-state index in [9.17, 15) is 9.18 Å². The third-order valence-electron chi connectivity index (χ3n) is 3.01. The minimum atomic E-state index is -0.277. The first-order chi connectivity index (χ1) is 8.59. The van der Waals surface area contributed by atoms with Gasteiger partial charge in [-0.15, -0.1) is 0 Å². The van der Waals surface area contributed by atoms with Crippen molar-refractivity contribution >= 4 is 6.03 Å². The van der Waals surface area contributed by atoms with E-state index in [-0.39, 0.29) is 17.9 Å². The molecule has 0 N–H and O–H groups in total. The minimum absolute atomic E-state index is 0.0485. The number of hydrogen-bond acceptors (Lipinski definition) is 2. The first kappa shape index (κ1) is 12.8. The predicted octanol–water partition coefficient (Wildman–Crippen LogP) is 1.88. The predicted molar refractivity (Wildman–Crippen MR) is 65.7 cm³/mol.